The Kier molecular flexibility index (Phi) is 2.78. The van der Waals surface area contributed by atoms with E-state index in [0.29, 0.717) is 5.56 Å². The number of Topliss-reactive ketones (excluding diaryl/α,β-unsaturated/α-hetero) is 1. The summed E-state index contributed by atoms with van der Waals surface area (Å²) in [5, 5.41) is 0. The molecule has 0 fully saturated rings. The summed E-state index contributed by atoms with van der Waals surface area (Å²) in [7, 11) is 0. The van der Waals surface area contributed by atoms with Crippen LogP contribution in [-0.2, 0) is 11.3 Å². The van der Waals surface area contributed by atoms with Gasteiger partial charge < -0.3 is 0 Å². The molecule has 0 radical (unpaired) electrons. The predicted octanol–water partition coefficient (Wildman–Crippen LogP) is 2.09. The number of carbonyl (C=O) groups excluding carboxylic acids is 2. The van der Waals surface area contributed by atoms with Gasteiger partial charge in [-0.2, -0.15) is 0 Å². The van der Waals surface area contributed by atoms with Crippen molar-refractivity contribution in [3.05, 3.63) is 59.4 Å². The first-order chi connectivity index (χ1) is 9.59. The van der Waals surface area contributed by atoms with Gasteiger partial charge >= 0.3 is 0 Å². The number of carbonyl (C=O) groups is 2. The Balaban J connectivity index is 2.09. The minimum atomic E-state index is -1.03. The summed E-state index contributed by atoms with van der Waals surface area (Å²) < 4.78 is 27.5. The average molecular weight is 274 g/mol. The van der Waals surface area contributed by atoms with E-state index in [0.717, 1.165) is 17.0 Å². The number of benzene rings is 1. The Labute approximate surface area is 112 Å². The second-order valence-electron chi connectivity index (χ2n) is 4.33. The number of anilines is 1. The lowest BCUT2D eigenvalue weighted by Gasteiger charge is -2.16. The molecule has 0 saturated heterocycles. The van der Waals surface area contributed by atoms with Gasteiger partial charge in [-0.05, 0) is 23.8 Å². The fourth-order valence-electron chi connectivity index (χ4n) is 2.18. The summed E-state index contributed by atoms with van der Waals surface area (Å²) in [4.78, 5) is 28.5. The minimum Gasteiger partial charge on any atom is -0.297 e. The molecular formula is C14H8F2N2O2. The number of aromatic nitrogens is 1. The Bertz CT molecular complexity index is 717. The van der Waals surface area contributed by atoms with E-state index in [2.05, 4.69) is 4.98 Å². The summed E-state index contributed by atoms with van der Waals surface area (Å²) in [6.07, 6.45) is 3.04. The average Bonchev–Trinajstić information content (AvgIpc) is 2.70. The fourth-order valence-corrected chi connectivity index (χ4v) is 2.18. The third kappa shape index (κ3) is 1.77. The largest absolute Gasteiger partial charge is 0.299 e. The monoisotopic (exact) mass is 274 g/mol. The lowest BCUT2D eigenvalue weighted by Crippen LogP contribution is -2.29. The van der Waals surface area contributed by atoms with Crippen LogP contribution in [0.25, 0.3) is 0 Å². The molecule has 100 valence electrons. The highest BCUT2D eigenvalue weighted by Crippen LogP contribution is 2.34. The van der Waals surface area contributed by atoms with E-state index in [1.165, 1.54) is 6.20 Å². The van der Waals surface area contributed by atoms with Crippen molar-refractivity contribution in [3.63, 3.8) is 0 Å². The molecule has 0 unspecified atom stereocenters. The first-order valence-corrected chi connectivity index (χ1v) is 5.82. The van der Waals surface area contributed by atoms with Crippen molar-refractivity contribution in [2.75, 3.05) is 4.90 Å². The number of rotatable bonds is 2. The van der Waals surface area contributed by atoms with Gasteiger partial charge in [0.1, 0.15) is 11.6 Å². The minimum absolute atomic E-state index is 0.0359. The van der Waals surface area contributed by atoms with Gasteiger partial charge in [-0.15, -0.1) is 0 Å². The summed E-state index contributed by atoms with van der Waals surface area (Å²) in [6.45, 7) is -0.0359. The number of ketones is 1. The Morgan fingerprint density at radius 2 is 1.85 bits per heavy atom. The smallest absolute Gasteiger partial charge is 0.297 e. The van der Waals surface area contributed by atoms with Gasteiger partial charge in [-0.3, -0.25) is 19.5 Å². The lowest BCUT2D eigenvalue weighted by atomic mass is 10.1. The SMILES string of the molecule is O=C1C(=O)N(Cc2cccnc2)c2c(F)ccc(F)c21. The Hall–Kier alpha value is -2.63. The highest BCUT2D eigenvalue weighted by Gasteiger charge is 2.40. The summed E-state index contributed by atoms with van der Waals surface area (Å²) in [5.74, 6) is -3.66. The maximum atomic E-state index is 13.8. The molecule has 2 heterocycles. The first kappa shape index (κ1) is 12.4. The number of fused-ring (bicyclic) bond motifs is 1. The van der Waals surface area contributed by atoms with E-state index >= 15 is 0 Å². The number of nitrogens with zero attached hydrogens (tertiary/aromatic N) is 2. The van der Waals surface area contributed by atoms with Crippen molar-refractivity contribution in [1.29, 1.82) is 0 Å². The van der Waals surface area contributed by atoms with Crippen LogP contribution in [0.2, 0.25) is 0 Å². The predicted molar refractivity (Wildman–Crippen MR) is 66.1 cm³/mol. The highest BCUT2D eigenvalue weighted by molar-refractivity contribution is 6.52. The molecule has 0 spiro atoms. The van der Waals surface area contributed by atoms with Crippen molar-refractivity contribution in [2.24, 2.45) is 0 Å². The molecule has 0 saturated carbocycles. The van der Waals surface area contributed by atoms with Crippen molar-refractivity contribution >= 4 is 17.4 Å². The number of pyridine rings is 1. The molecule has 3 rings (SSSR count). The summed E-state index contributed by atoms with van der Waals surface area (Å²) >= 11 is 0. The van der Waals surface area contributed by atoms with Crippen LogP contribution >= 0.6 is 0 Å². The molecule has 0 aliphatic carbocycles. The van der Waals surface area contributed by atoms with Gasteiger partial charge in [0, 0.05) is 12.4 Å². The number of amides is 1. The molecule has 0 N–H and O–H groups in total. The third-order valence-electron chi connectivity index (χ3n) is 3.08. The fraction of sp³-hybridized carbons (Fsp3) is 0.0714. The Morgan fingerprint density at radius 3 is 2.55 bits per heavy atom. The zero-order chi connectivity index (χ0) is 14.3. The number of hydrogen-bond acceptors (Lipinski definition) is 3. The summed E-state index contributed by atoms with van der Waals surface area (Å²) in [6, 6.07) is 5.07. The van der Waals surface area contributed by atoms with Gasteiger partial charge in [-0.25, -0.2) is 8.78 Å². The molecule has 1 aliphatic rings. The van der Waals surface area contributed by atoms with Gasteiger partial charge in [0.05, 0.1) is 17.8 Å². The van der Waals surface area contributed by atoms with Crippen LogP contribution in [0.15, 0.2) is 36.7 Å². The normalized spacial score (nSPS) is 13.8. The molecule has 20 heavy (non-hydrogen) atoms. The first-order valence-electron chi connectivity index (χ1n) is 5.82. The second kappa shape index (κ2) is 4.48. The maximum Gasteiger partial charge on any atom is 0.299 e. The molecule has 1 amide bonds. The molecular weight excluding hydrogens is 266 g/mol. The van der Waals surface area contributed by atoms with Crippen LogP contribution in [0.1, 0.15) is 15.9 Å². The van der Waals surface area contributed by atoms with Gasteiger partial charge in [0.15, 0.2) is 0 Å². The lowest BCUT2D eigenvalue weighted by molar-refractivity contribution is -0.114. The molecule has 2 aromatic rings. The van der Waals surface area contributed by atoms with Crippen LogP contribution in [0.5, 0.6) is 0 Å². The zero-order valence-electron chi connectivity index (χ0n) is 10.1. The van der Waals surface area contributed by atoms with Crippen LogP contribution in [0, 0.1) is 11.6 Å². The molecule has 1 aromatic carbocycles. The molecule has 1 aromatic heterocycles. The van der Waals surface area contributed by atoms with Crippen LogP contribution < -0.4 is 4.90 Å². The van der Waals surface area contributed by atoms with Gasteiger partial charge in [0.25, 0.3) is 11.7 Å². The quantitative estimate of drug-likeness (QED) is 0.788. The van der Waals surface area contributed by atoms with Crippen LogP contribution in [-0.4, -0.2) is 16.7 Å². The molecule has 0 bridgehead atoms. The van der Waals surface area contributed by atoms with Crippen LogP contribution in [0.3, 0.4) is 0 Å². The van der Waals surface area contributed by atoms with Crippen LogP contribution in [0.4, 0.5) is 14.5 Å². The number of halogens is 2. The zero-order valence-corrected chi connectivity index (χ0v) is 10.1. The maximum absolute atomic E-state index is 13.8. The standard InChI is InChI=1S/C14H8F2N2O2/c15-9-3-4-10(16)12-11(9)13(19)14(20)18(12)7-8-2-1-5-17-6-8/h1-6H,7H2. The van der Waals surface area contributed by atoms with E-state index < -0.39 is 28.9 Å². The van der Waals surface area contributed by atoms with E-state index in [1.54, 1.807) is 18.3 Å². The molecule has 1 aliphatic heterocycles. The van der Waals surface area contributed by atoms with E-state index in [-0.39, 0.29) is 12.2 Å². The highest BCUT2D eigenvalue weighted by atomic mass is 19.1. The van der Waals surface area contributed by atoms with Crippen molar-refractivity contribution in [3.8, 4) is 0 Å². The van der Waals surface area contributed by atoms with Crippen molar-refractivity contribution in [2.45, 2.75) is 6.54 Å². The number of hydrogen-bond donors (Lipinski definition) is 0. The van der Waals surface area contributed by atoms with Gasteiger partial charge in [0.2, 0.25) is 0 Å². The van der Waals surface area contributed by atoms with Crippen molar-refractivity contribution in [1.82, 2.24) is 4.98 Å². The van der Waals surface area contributed by atoms with E-state index in [1.807, 2.05) is 0 Å². The van der Waals surface area contributed by atoms with E-state index in [4.69, 9.17) is 0 Å². The Morgan fingerprint density at radius 1 is 1.10 bits per heavy atom. The van der Waals surface area contributed by atoms with Crippen molar-refractivity contribution < 1.29 is 18.4 Å². The van der Waals surface area contributed by atoms with E-state index in [9.17, 15) is 18.4 Å². The molecule has 4 nitrogen and oxygen atoms in total. The third-order valence-corrected chi connectivity index (χ3v) is 3.08. The topological polar surface area (TPSA) is 50.3 Å². The summed E-state index contributed by atoms with van der Waals surface area (Å²) in [5.41, 5.74) is -0.187. The van der Waals surface area contributed by atoms with Gasteiger partial charge in [-0.1, -0.05) is 6.07 Å². The second-order valence-corrected chi connectivity index (χ2v) is 4.33. The molecule has 0 atom stereocenters. The molecule has 6 heteroatoms.